The third kappa shape index (κ3) is 2.59. The van der Waals surface area contributed by atoms with E-state index in [2.05, 4.69) is 5.16 Å². The maximum atomic E-state index is 10.6. The van der Waals surface area contributed by atoms with E-state index in [0.29, 0.717) is 25.7 Å². The summed E-state index contributed by atoms with van der Waals surface area (Å²) in [7, 11) is 0. The SMILES string of the molecule is O=C(O)C1CCC(C(Cl)=NO)CC1. The second-order valence-corrected chi connectivity index (χ2v) is 3.70. The molecule has 0 radical (unpaired) electrons. The largest absolute Gasteiger partial charge is 0.481 e. The van der Waals surface area contributed by atoms with E-state index in [0.717, 1.165) is 0 Å². The Bertz CT molecular complexity index is 221. The van der Waals surface area contributed by atoms with Gasteiger partial charge in [-0.05, 0) is 25.7 Å². The van der Waals surface area contributed by atoms with Gasteiger partial charge in [-0.15, -0.1) is 0 Å². The van der Waals surface area contributed by atoms with Crippen LogP contribution in [0.2, 0.25) is 0 Å². The molecule has 1 rings (SSSR count). The van der Waals surface area contributed by atoms with Crippen LogP contribution < -0.4 is 0 Å². The van der Waals surface area contributed by atoms with Crippen LogP contribution in [0.3, 0.4) is 0 Å². The summed E-state index contributed by atoms with van der Waals surface area (Å²) in [5.41, 5.74) is 0. The highest BCUT2D eigenvalue weighted by Crippen LogP contribution is 2.30. The predicted octanol–water partition coefficient (Wildman–Crippen LogP) is 1.90. The summed E-state index contributed by atoms with van der Waals surface area (Å²) in [6.07, 6.45) is 2.62. The molecule has 1 fully saturated rings. The number of nitrogens with zero attached hydrogens (tertiary/aromatic N) is 1. The monoisotopic (exact) mass is 205 g/mol. The molecule has 0 aromatic heterocycles. The van der Waals surface area contributed by atoms with Gasteiger partial charge in [-0.25, -0.2) is 0 Å². The van der Waals surface area contributed by atoms with Crippen molar-refractivity contribution in [3.05, 3.63) is 0 Å². The number of carboxylic acids is 1. The topological polar surface area (TPSA) is 69.9 Å². The molecule has 1 aliphatic carbocycles. The highest BCUT2D eigenvalue weighted by molar-refractivity contribution is 6.65. The first-order chi connectivity index (χ1) is 6.15. The van der Waals surface area contributed by atoms with Gasteiger partial charge < -0.3 is 10.3 Å². The Hall–Kier alpha value is -0.770. The third-order valence-electron chi connectivity index (χ3n) is 2.51. The molecule has 0 aromatic rings. The van der Waals surface area contributed by atoms with E-state index in [1.165, 1.54) is 0 Å². The summed E-state index contributed by atoms with van der Waals surface area (Å²) in [6.45, 7) is 0. The molecule has 0 spiro atoms. The molecule has 4 nitrogen and oxygen atoms in total. The van der Waals surface area contributed by atoms with Crippen molar-refractivity contribution in [2.24, 2.45) is 17.0 Å². The number of carboxylic acid groups (broad SMARTS) is 1. The maximum absolute atomic E-state index is 10.6. The molecule has 0 bridgehead atoms. The Kier molecular flexibility index (Phi) is 3.54. The molecule has 0 heterocycles. The van der Waals surface area contributed by atoms with E-state index < -0.39 is 5.97 Å². The average molecular weight is 206 g/mol. The lowest BCUT2D eigenvalue weighted by atomic mass is 9.82. The molecule has 2 N–H and O–H groups in total. The van der Waals surface area contributed by atoms with Crippen LogP contribution >= 0.6 is 11.6 Å². The Labute approximate surface area is 81.2 Å². The molecule has 0 unspecified atom stereocenters. The Morgan fingerprint density at radius 2 is 1.69 bits per heavy atom. The second kappa shape index (κ2) is 4.46. The molecule has 74 valence electrons. The quantitative estimate of drug-likeness (QED) is 0.411. The number of hydrogen-bond acceptors (Lipinski definition) is 3. The van der Waals surface area contributed by atoms with Crippen LogP contribution in [-0.4, -0.2) is 21.5 Å². The van der Waals surface area contributed by atoms with E-state index in [4.69, 9.17) is 21.9 Å². The minimum absolute atomic E-state index is 0.0438. The van der Waals surface area contributed by atoms with E-state index in [-0.39, 0.29) is 17.0 Å². The van der Waals surface area contributed by atoms with Crippen LogP contribution in [0.4, 0.5) is 0 Å². The summed E-state index contributed by atoms with van der Waals surface area (Å²) in [5, 5.41) is 20.2. The van der Waals surface area contributed by atoms with Gasteiger partial charge in [0.1, 0.15) is 5.17 Å². The van der Waals surface area contributed by atoms with Gasteiger partial charge in [0.25, 0.3) is 0 Å². The van der Waals surface area contributed by atoms with Gasteiger partial charge in [-0.3, -0.25) is 4.79 Å². The number of oxime groups is 1. The molecule has 0 aliphatic heterocycles. The van der Waals surface area contributed by atoms with Crippen molar-refractivity contribution in [1.29, 1.82) is 0 Å². The Morgan fingerprint density at radius 1 is 1.23 bits per heavy atom. The fraction of sp³-hybridized carbons (Fsp3) is 0.750. The normalized spacial score (nSPS) is 30.1. The summed E-state index contributed by atoms with van der Waals surface area (Å²) >= 11 is 5.62. The zero-order chi connectivity index (χ0) is 9.84. The van der Waals surface area contributed by atoms with Crippen LogP contribution in [0.5, 0.6) is 0 Å². The molecular weight excluding hydrogens is 194 g/mol. The number of aliphatic carboxylic acids is 1. The van der Waals surface area contributed by atoms with Crippen molar-refractivity contribution in [3.8, 4) is 0 Å². The van der Waals surface area contributed by atoms with Crippen molar-refractivity contribution >= 4 is 22.7 Å². The van der Waals surface area contributed by atoms with Crippen LogP contribution in [0.1, 0.15) is 25.7 Å². The van der Waals surface area contributed by atoms with Gasteiger partial charge in [0.2, 0.25) is 0 Å². The maximum Gasteiger partial charge on any atom is 0.306 e. The van der Waals surface area contributed by atoms with Crippen molar-refractivity contribution in [2.45, 2.75) is 25.7 Å². The van der Waals surface area contributed by atoms with Crippen LogP contribution in [0.25, 0.3) is 0 Å². The molecule has 13 heavy (non-hydrogen) atoms. The van der Waals surface area contributed by atoms with Crippen LogP contribution in [-0.2, 0) is 4.79 Å². The Morgan fingerprint density at radius 3 is 2.08 bits per heavy atom. The first-order valence-corrected chi connectivity index (χ1v) is 4.63. The lowest BCUT2D eigenvalue weighted by Gasteiger charge is -2.24. The first-order valence-electron chi connectivity index (χ1n) is 4.25. The lowest BCUT2D eigenvalue weighted by Crippen LogP contribution is -2.23. The van der Waals surface area contributed by atoms with Gasteiger partial charge in [0, 0.05) is 5.92 Å². The third-order valence-corrected chi connectivity index (χ3v) is 2.89. The van der Waals surface area contributed by atoms with E-state index in [1.807, 2.05) is 0 Å². The summed E-state index contributed by atoms with van der Waals surface area (Å²) in [4.78, 5) is 10.6. The minimum atomic E-state index is -0.740. The zero-order valence-electron chi connectivity index (χ0n) is 7.11. The predicted molar refractivity (Wildman–Crippen MR) is 48.2 cm³/mol. The van der Waals surface area contributed by atoms with E-state index >= 15 is 0 Å². The molecule has 0 aromatic carbocycles. The Balaban J connectivity index is 2.43. The molecule has 1 aliphatic rings. The van der Waals surface area contributed by atoms with Crippen molar-refractivity contribution in [3.63, 3.8) is 0 Å². The fourth-order valence-corrected chi connectivity index (χ4v) is 1.88. The summed E-state index contributed by atoms with van der Waals surface area (Å²) < 4.78 is 0. The summed E-state index contributed by atoms with van der Waals surface area (Å²) in [5.74, 6) is -0.947. The zero-order valence-corrected chi connectivity index (χ0v) is 7.87. The van der Waals surface area contributed by atoms with Gasteiger partial charge in [-0.2, -0.15) is 0 Å². The number of halogens is 1. The number of hydrogen-bond donors (Lipinski definition) is 2. The highest BCUT2D eigenvalue weighted by Gasteiger charge is 2.28. The van der Waals surface area contributed by atoms with E-state index in [1.54, 1.807) is 0 Å². The molecule has 0 saturated heterocycles. The average Bonchev–Trinajstić information content (AvgIpc) is 2.17. The van der Waals surface area contributed by atoms with Crippen molar-refractivity contribution < 1.29 is 15.1 Å². The van der Waals surface area contributed by atoms with Gasteiger partial charge in [-0.1, -0.05) is 16.8 Å². The number of carbonyl (C=O) groups is 1. The van der Waals surface area contributed by atoms with Crippen LogP contribution in [0.15, 0.2) is 5.16 Å². The van der Waals surface area contributed by atoms with Crippen LogP contribution in [0, 0.1) is 11.8 Å². The molecule has 0 atom stereocenters. The second-order valence-electron chi connectivity index (χ2n) is 3.31. The first kappa shape index (κ1) is 10.3. The fourth-order valence-electron chi connectivity index (χ4n) is 1.66. The molecular formula is C8H12ClNO3. The smallest absolute Gasteiger partial charge is 0.306 e. The molecule has 5 heteroatoms. The molecule has 1 saturated carbocycles. The summed E-state index contributed by atoms with van der Waals surface area (Å²) in [6, 6.07) is 0. The number of rotatable bonds is 2. The molecule has 0 amide bonds. The standard InChI is InChI=1S/C8H12ClNO3/c9-7(10-13)5-1-3-6(4-2-5)8(11)12/h5-6,13H,1-4H2,(H,11,12). The minimum Gasteiger partial charge on any atom is -0.481 e. The lowest BCUT2D eigenvalue weighted by molar-refractivity contribution is -0.142. The van der Waals surface area contributed by atoms with Gasteiger partial charge in [0.05, 0.1) is 5.92 Å². The highest BCUT2D eigenvalue weighted by atomic mass is 35.5. The van der Waals surface area contributed by atoms with Gasteiger partial charge >= 0.3 is 5.97 Å². The van der Waals surface area contributed by atoms with Crippen molar-refractivity contribution in [1.82, 2.24) is 0 Å². The van der Waals surface area contributed by atoms with E-state index in [9.17, 15) is 4.79 Å². The van der Waals surface area contributed by atoms with Gasteiger partial charge in [0.15, 0.2) is 0 Å². The van der Waals surface area contributed by atoms with Crippen molar-refractivity contribution in [2.75, 3.05) is 0 Å².